The van der Waals surface area contributed by atoms with Gasteiger partial charge in [-0.15, -0.1) is 0 Å². The summed E-state index contributed by atoms with van der Waals surface area (Å²) in [4.78, 5) is 0. The van der Waals surface area contributed by atoms with Gasteiger partial charge in [-0.3, -0.25) is 0 Å². The molecule has 0 heterocycles. The van der Waals surface area contributed by atoms with Crippen LogP contribution in [-0.4, -0.2) is 6.54 Å². The van der Waals surface area contributed by atoms with Gasteiger partial charge in [0.25, 0.3) is 0 Å². The number of unbranched alkanes of at least 4 members (excludes halogenated alkanes) is 1. The van der Waals surface area contributed by atoms with Crippen LogP contribution in [0.5, 0.6) is 0 Å². The molecule has 0 saturated heterocycles. The van der Waals surface area contributed by atoms with E-state index in [2.05, 4.69) is 19.6 Å². The lowest BCUT2D eigenvalue weighted by molar-refractivity contribution is 0.797. The Morgan fingerprint density at radius 3 is 2.75 bits per heavy atom. The van der Waals surface area contributed by atoms with Gasteiger partial charge < -0.3 is 5.73 Å². The van der Waals surface area contributed by atoms with Crippen LogP contribution >= 0.6 is 0 Å². The summed E-state index contributed by atoms with van der Waals surface area (Å²) in [6, 6.07) is 0. The van der Waals surface area contributed by atoms with Crippen molar-refractivity contribution in [2.45, 2.75) is 26.2 Å². The van der Waals surface area contributed by atoms with Crippen LogP contribution in [-0.2, 0) is 0 Å². The summed E-state index contributed by atoms with van der Waals surface area (Å²) in [5.74, 6) is 0. The Labute approximate surface area is 75.7 Å². The molecule has 0 aromatic heterocycles. The molecule has 0 rings (SSSR count). The van der Waals surface area contributed by atoms with E-state index >= 15 is 0 Å². The highest BCUT2D eigenvalue weighted by molar-refractivity contribution is 5.22. The molecular weight excluding hydrogens is 146 g/mol. The number of hydrogen-bond acceptors (Lipinski definition) is 1. The molecule has 68 valence electrons. The Morgan fingerprint density at radius 1 is 1.50 bits per heavy atom. The molecule has 0 aliphatic rings. The first-order valence-electron chi connectivity index (χ1n) is 4.53. The maximum Gasteiger partial charge on any atom is 0.0110 e. The van der Waals surface area contributed by atoms with Gasteiger partial charge in [0.15, 0.2) is 0 Å². The van der Waals surface area contributed by atoms with Crippen LogP contribution in [0.25, 0.3) is 0 Å². The zero-order chi connectivity index (χ0) is 9.23. The van der Waals surface area contributed by atoms with Crippen molar-refractivity contribution in [1.82, 2.24) is 0 Å². The van der Waals surface area contributed by atoms with Crippen LogP contribution in [0, 0.1) is 0 Å². The van der Waals surface area contributed by atoms with Gasteiger partial charge in [-0.2, -0.15) is 0 Å². The molecule has 0 fully saturated rings. The Balaban J connectivity index is 3.95. The first kappa shape index (κ1) is 11.2. The molecule has 0 saturated carbocycles. The van der Waals surface area contributed by atoms with Crippen molar-refractivity contribution in [3.8, 4) is 0 Å². The van der Waals surface area contributed by atoms with Crippen LogP contribution in [0.1, 0.15) is 26.2 Å². The number of rotatable bonds is 6. The maximum absolute atomic E-state index is 5.36. The molecule has 0 amide bonds. The normalized spacial score (nSPS) is 12.3. The molecule has 0 bridgehead atoms. The third-order valence-electron chi connectivity index (χ3n) is 1.62. The summed E-state index contributed by atoms with van der Waals surface area (Å²) in [6.45, 7) is 6.48. The average Bonchev–Trinajstić information content (AvgIpc) is 2.10. The molecule has 0 spiro atoms. The first-order chi connectivity index (χ1) is 5.85. The second-order valence-electron chi connectivity index (χ2n) is 2.72. The van der Waals surface area contributed by atoms with E-state index in [1.807, 2.05) is 18.2 Å². The van der Waals surface area contributed by atoms with E-state index in [1.54, 1.807) is 0 Å². The highest BCUT2D eigenvalue weighted by atomic mass is 14.5. The minimum Gasteiger partial charge on any atom is -0.327 e. The van der Waals surface area contributed by atoms with Gasteiger partial charge in [-0.25, -0.2) is 0 Å². The fourth-order valence-electron chi connectivity index (χ4n) is 0.974. The second kappa shape index (κ2) is 8.28. The minimum atomic E-state index is 0.612. The van der Waals surface area contributed by atoms with Crippen molar-refractivity contribution in [3.05, 3.63) is 36.5 Å². The second-order valence-corrected chi connectivity index (χ2v) is 2.72. The molecule has 2 N–H and O–H groups in total. The largest absolute Gasteiger partial charge is 0.327 e. The van der Waals surface area contributed by atoms with Crippen LogP contribution in [0.4, 0.5) is 0 Å². The molecule has 0 aliphatic carbocycles. The third-order valence-corrected chi connectivity index (χ3v) is 1.62. The first-order valence-corrected chi connectivity index (χ1v) is 4.53. The number of nitrogens with two attached hydrogens (primary N) is 1. The lowest BCUT2D eigenvalue weighted by Gasteiger charge is -1.98. The predicted octanol–water partition coefficient (Wildman–Crippen LogP) is 2.80. The van der Waals surface area contributed by atoms with Crippen molar-refractivity contribution >= 4 is 0 Å². The molecule has 0 atom stereocenters. The smallest absolute Gasteiger partial charge is 0.0110 e. The van der Waals surface area contributed by atoms with E-state index in [1.165, 1.54) is 18.4 Å². The standard InChI is InChI=1S/C11H19N/c1-3-5-8-11(7-4-2)9-6-10-12/h4,6-7,9H,2-3,5,8,10,12H2,1H3/b9-6-,11-7-. The Bertz CT molecular complexity index is 166. The maximum atomic E-state index is 5.36. The molecule has 12 heavy (non-hydrogen) atoms. The molecular formula is C11H19N. The summed E-state index contributed by atoms with van der Waals surface area (Å²) >= 11 is 0. The monoisotopic (exact) mass is 165 g/mol. The van der Waals surface area contributed by atoms with Crippen molar-refractivity contribution in [2.75, 3.05) is 6.54 Å². The van der Waals surface area contributed by atoms with Crippen molar-refractivity contribution in [2.24, 2.45) is 5.73 Å². The van der Waals surface area contributed by atoms with Gasteiger partial charge in [-0.1, -0.05) is 44.2 Å². The summed E-state index contributed by atoms with van der Waals surface area (Å²) in [5.41, 5.74) is 6.68. The SMILES string of the molecule is C=C/C=C(\C=C/CN)CCCC. The van der Waals surface area contributed by atoms with Crippen LogP contribution in [0.3, 0.4) is 0 Å². The van der Waals surface area contributed by atoms with Crippen LogP contribution < -0.4 is 5.73 Å². The number of hydrogen-bond donors (Lipinski definition) is 1. The highest BCUT2D eigenvalue weighted by Gasteiger charge is 1.89. The van der Waals surface area contributed by atoms with Gasteiger partial charge in [0, 0.05) is 6.54 Å². The topological polar surface area (TPSA) is 26.0 Å². The fourth-order valence-corrected chi connectivity index (χ4v) is 0.974. The summed E-state index contributed by atoms with van der Waals surface area (Å²) in [6.07, 6.45) is 11.5. The molecule has 0 aliphatic heterocycles. The molecule has 1 heteroatoms. The molecule has 0 aromatic carbocycles. The lowest BCUT2D eigenvalue weighted by atomic mass is 10.1. The lowest BCUT2D eigenvalue weighted by Crippen LogP contribution is -1.92. The van der Waals surface area contributed by atoms with E-state index in [-0.39, 0.29) is 0 Å². The molecule has 0 radical (unpaired) electrons. The van der Waals surface area contributed by atoms with Gasteiger partial charge in [-0.05, 0) is 18.4 Å². The Hall–Kier alpha value is -0.820. The van der Waals surface area contributed by atoms with Gasteiger partial charge in [0.05, 0.1) is 0 Å². The molecule has 1 nitrogen and oxygen atoms in total. The van der Waals surface area contributed by atoms with E-state index in [0.717, 1.165) is 6.42 Å². The van der Waals surface area contributed by atoms with Gasteiger partial charge in [0.2, 0.25) is 0 Å². The van der Waals surface area contributed by atoms with Crippen molar-refractivity contribution in [1.29, 1.82) is 0 Å². The van der Waals surface area contributed by atoms with Crippen molar-refractivity contribution < 1.29 is 0 Å². The molecule has 0 aromatic rings. The molecule has 0 unspecified atom stereocenters. The fraction of sp³-hybridized carbons (Fsp3) is 0.455. The predicted molar refractivity (Wildman–Crippen MR) is 56.0 cm³/mol. The summed E-state index contributed by atoms with van der Waals surface area (Å²) < 4.78 is 0. The van der Waals surface area contributed by atoms with E-state index in [4.69, 9.17) is 5.73 Å². The van der Waals surface area contributed by atoms with Crippen LogP contribution in [0.2, 0.25) is 0 Å². The third kappa shape index (κ3) is 5.93. The highest BCUT2D eigenvalue weighted by Crippen LogP contribution is 2.08. The Morgan fingerprint density at radius 2 is 2.25 bits per heavy atom. The zero-order valence-electron chi connectivity index (χ0n) is 7.92. The van der Waals surface area contributed by atoms with E-state index in [9.17, 15) is 0 Å². The summed E-state index contributed by atoms with van der Waals surface area (Å²) in [7, 11) is 0. The van der Waals surface area contributed by atoms with Crippen molar-refractivity contribution in [3.63, 3.8) is 0 Å². The van der Waals surface area contributed by atoms with E-state index in [0.29, 0.717) is 6.54 Å². The quantitative estimate of drug-likeness (QED) is 0.602. The van der Waals surface area contributed by atoms with Crippen LogP contribution in [0.15, 0.2) is 36.5 Å². The minimum absolute atomic E-state index is 0.612. The Kier molecular flexibility index (Phi) is 7.71. The van der Waals surface area contributed by atoms with Gasteiger partial charge >= 0.3 is 0 Å². The average molecular weight is 165 g/mol. The zero-order valence-corrected chi connectivity index (χ0v) is 7.92. The number of allylic oxidation sites excluding steroid dienone is 4. The van der Waals surface area contributed by atoms with E-state index < -0.39 is 0 Å². The summed E-state index contributed by atoms with van der Waals surface area (Å²) in [5, 5.41) is 0. The van der Waals surface area contributed by atoms with Gasteiger partial charge in [0.1, 0.15) is 0 Å².